The second-order valence-corrected chi connectivity index (χ2v) is 6.37. The van der Waals surface area contributed by atoms with Gasteiger partial charge < -0.3 is 15.6 Å². The van der Waals surface area contributed by atoms with Crippen LogP contribution in [0.2, 0.25) is 0 Å². The molecule has 4 nitrogen and oxygen atoms in total. The number of rotatable bonds is 2. The zero-order chi connectivity index (χ0) is 14.1. The molecular formula is C15H16IN3O. The molecule has 20 heavy (non-hydrogen) atoms. The van der Waals surface area contributed by atoms with Crippen LogP contribution in [0, 0.1) is 3.57 Å². The molecule has 0 saturated carbocycles. The van der Waals surface area contributed by atoms with Gasteiger partial charge in [0.1, 0.15) is 5.69 Å². The molecule has 2 atom stereocenters. The van der Waals surface area contributed by atoms with Crippen LogP contribution in [-0.2, 0) is 0 Å². The van der Waals surface area contributed by atoms with Crippen molar-refractivity contribution < 1.29 is 4.79 Å². The molecule has 2 aromatic rings. The molecule has 1 saturated heterocycles. The molecule has 1 aromatic carbocycles. The van der Waals surface area contributed by atoms with Crippen LogP contribution in [-0.4, -0.2) is 34.9 Å². The summed E-state index contributed by atoms with van der Waals surface area (Å²) in [4.78, 5) is 17.3. The van der Waals surface area contributed by atoms with Crippen molar-refractivity contribution >= 4 is 28.5 Å². The third-order valence-electron chi connectivity index (χ3n) is 3.76. The van der Waals surface area contributed by atoms with E-state index in [2.05, 4.69) is 39.7 Å². The lowest BCUT2D eigenvalue weighted by molar-refractivity contribution is 0.0784. The number of nitrogens with one attached hydrogen (secondary N) is 1. The fourth-order valence-corrected chi connectivity index (χ4v) is 3.18. The largest absolute Gasteiger partial charge is 0.356 e. The summed E-state index contributed by atoms with van der Waals surface area (Å²) < 4.78 is 1.04. The number of hydrogen-bond donors (Lipinski definition) is 2. The molecule has 5 heteroatoms. The Labute approximate surface area is 131 Å². The molecule has 104 valence electrons. The summed E-state index contributed by atoms with van der Waals surface area (Å²) in [6, 6.07) is 12.0. The smallest absolute Gasteiger partial charge is 0.270 e. The number of nitrogens with two attached hydrogens (primary N) is 1. The molecule has 1 fully saturated rings. The number of hydrogen-bond acceptors (Lipinski definition) is 2. The summed E-state index contributed by atoms with van der Waals surface area (Å²) in [6.45, 7) is 1.29. The van der Waals surface area contributed by atoms with Crippen LogP contribution in [0.3, 0.4) is 0 Å². The summed E-state index contributed by atoms with van der Waals surface area (Å²) in [6.07, 6.45) is 1.83. The molecule has 2 heterocycles. The molecule has 1 amide bonds. The molecule has 1 aromatic heterocycles. The first-order chi connectivity index (χ1) is 9.65. The molecule has 1 aliphatic heterocycles. The highest BCUT2D eigenvalue weighted by Crippen LogP contribution is 2.27. The van der Waals surface area contributed by atoms with E-state index in [0.29, 0.717) is 18.8 Å². The van der Waals surface area contributed by atoms with Gasteiger partial charge in [-0.15, -0.1) is 0 Å². The van der Waals surface area contributed by atoms with Crippen LogP contribution in [0.5, 0.6) is 0 Å². The van der Waals surface area contributed by atoms with E-state index >= 15 is 0 Å². The molecule has 1 aliphatic rings. The van der Waals surface area contributed by atoms with Crippen LogP contribution >= 0.6 is 22.6 Å². The minimum atomic E-state index is -0.00427. The molecule has 0 unspecified atom stereocenters. The zero-order valence-corrected chi connectivity index (χ0v) is 13.1. The highest BCUT2D eigenvalue weighted by molar-refractivity contribution is 14.1. The third kappa shape index (κ3) is 2.60. The van der Waals surface area contributed by atoms with Gasteiger partial charge in [-0.3, -0.25) is 4.79 Å². The van der Waals surface area contributed by atoms with Gasteiger partial charge in [-0.2, -0.15) is 0 Å². The van der Waals surface area contributed by atoms with Crippen molar-refractivity contribution in [2.24, 2.45) is 5.73 Å². The van der Waals surface area contributed by atoms with E-state index in [-0.39, 0.29) is 17.9 Å². The Bertz CT molecular complexity index is 611. The molecule has 0 spiro atoms. The second-order valence-electron chi connectivity index (χ2n) is 5.12. The number of nitrogens with zero attached hydrogens (tertiary/aromatic N) is 1. The van der Waals surface area contributed by atoms with Crippen molar-refractivity contribution in [3.8, 4) is 0 Å². The topological polar surface area (TPSA) is 62.1 Å². The number of benzene rings is 1. The average Bonchev–Trinajstić information content (AvgIpc) is 3.05. The van der Waals surface area contributed by atoms with Crippen molar-refractivity contribution in [2.75, 3.05) is 13.1 Å². The van der Waals surface area contributed by atoms with E-state index in [1.165, 1.54) is 5.56 Å². The number of H-pyrrole nitrogens is 1. The Balaban J connectivity index is 1.77. The quantitative estimate of drug-likeness (QED) is 0.784. The first-order valence-corrected chi connectivity index (χ1v) is 7.67. The maximum atomic E-state index is 12.4. The van der Waals surface area contributed by atoms with Gasteiger partial charge in [-0.25, -0.2) is 0 Å². The summed E-state index contributed by atoms with van der Waals surface area (Å²) in [5.41, 5.74) is 8.06. The lowest BCUT2D eigenvalue weighted by Gasteiger charge is -2.15. The Hall–Kier alpha value is -1.34. The first-order valence-electron chi connectivity index (χ1n) is 6.59. The highest BCUT2D eigenvalue weighted by Gasteiger charge is 2.34. The molecule has 3 rings (SSSR count). The monoisotopic (exact) mass is 381 g/mol. The molecule has 0 aliphatic carbocycles. The fraction of sp³-hybridized carbons (Fsp3) is 0.267. The highest BCUT2D eigenvalue weighted by atomic mass is 127. The molecule has 0 radical (unpaired) electrons. The molecular weight excluding hydrogens is 365 g/mol. The Morgan fingerprint density at radius 2 is 2.05 bits per heavy atom. The number of carbonyl (C=O) groups is 1. The van der Waals surface area contributed by atoms with Gasteiger partial charge in [0, 0.05) is 34.8 Å². The Morgan fingerprint density at radius 1 is 1.30 bits per heavy atom. The van der Waals surface area contributed by atoms with E-state index in [0.717, 1.165) is 3.57 Å². The molecule has 0 bridgehead atoms. The van der Waals surface area contributed by atoms with Gasteiger partial charge in [0.2, 0.25) is 0 Å². The SMILES string of the molecule is N[C@@H]1CN(C(=O)c2cc(I)c[nH]2)C[C@H]1c1ccccc1. The maximum Gasteiger partial charge on any atom is 0.270 e. The van der Waals surface area contributed by atoms with Crippen molar-refractivity contribution in [3.63, 3.8) is 0 Å². The van der Waals surface area contributed by atoms with Gasteiger partial charge >= 0.3 is 0 Å². The van der Waals surface area contributed by atoms with Crippen molar-refractivity contribution in [1.82, 2.24) is 9.88 Å². The van der Waals surface area contributed by atoms with Crippen molar-refractivity contribution in [1.29, 1.82) is 0 Å². The first kappa shape index (κ1) is 13.6. The van der Waals surface area contributed by atoms with Crippen LogP contribution in [0.1, 0.15) is 22.0 Å². The summed E-state index contributed by atoms with van der Waals surface area (Å²) in [7, 11) is 0. The zero-order valence-electron chi connectivity index (χ0n) is 10.9. The lowest BCUT2D eigenvalue weighted by Crippen LogP contribution is -2.32. The summed E-state index contributed by atoms with van der Waals surface area (Å²) >= 11 is 2.19. The maximum absolute atomic E-state index is 12.4. The average molecular weight is 381 g/mol. The third-order valence-corrected chi connectivity index (χ3v) is 4.38. The molecule has 3 N–H and O–H groups in total. The summed E-state index contributed by atoms with van der Waals surface area (Å²) in [5, 5.41) is 0. The van der Waals surface area contributed by atoms with E-state index in [4.69, 9.17) is 5.73 Å². The van der Waals surface area contributed by atoms with E-state index in [1.807, 2.05) is 35.4 Å². The van der Waals surface area contributed by atoms with Crippen molar-refractivity contribution in [3.05, 3.63) is 57.4 Å². The number of aromatic nitrogens is 1. The minimum Gasteiger partial charge on any atom is -0.356 e. The number of likely N-dealkylation sites (tertiary alicyclic amines) is 1. The van der Waals surface area contributed by atoms with Crippen LogP contribution in [0.15, 0.2) is 42.6 Å². The van der Waals surface area contributed by atoms with Crippen LogP contribution < -0.4 is 5.73 Å². The van der Waals surface area contributed by atoms with E-state index in [9.17, 15) is 4.79 Å². The summed E-state index contributed by atoms with van der Waals surface area (Å²) in [5.74, 6) is 0.246. The number of carbonyl (C=O) groups excluding carboxylic acids is 1. The van der Waals surface area contributed by atoms with Gasteiger partial charge in [-0.05, 0) is 34.2 Å². The van der Waals surface area contributed by atoms with Crippen molar-refractivity contribution in [2.45, 2.75) is 12.0 Å². The minimum absolute atomic E-state index is 0.00427. The number of amides is 1. The van der Waals surface area contributed by atoms with Crippen LogP contribution in [0.25, 0.3) is 0 Å². The Kier molecular flexibility index (Phi) is 3.80. The van der Waals surface area contributed by atoms with Gasteiger partial charge in [0.25, 0.3) is 5.91 Å². The number of aromatic amines is 1. The predicted octanol–water partition coefficient (Wildman–Crippen LogP) is 2.19. The van der Waals surface area contributed by atoms with E-state index < -0.39 is 0 Å². The van der Waals surface area contributed by atoms with Crippen LogP contribution in [0.4, 0.5) is 0 Å². The standard InChI is InChI=1S/C15H16IN3O/c16-11-6-14(18-7-11)15(20)19-8-12(13(17)9-19)10-4-2-1-3-5-10/h1-7,12-13,18H,8-9,17H2/t12-,13+/m0/s1. The number of halogens is 1. The van der Waals surface area contributed by atoms with Gasteiger partial charge in [0.05, 0.1) is 0 Å². The van der Waals surface area contributed by atoms with Gasteiger partial charge in [-0.1, -0.05) is 30.3 Å². The lowest BCUT2D eigenvalue weighted by atomic mass is 9.95. The predicted molar refractivity (Wildman–Crippen MR) is 86.6 cm³/mol. The fourth-order valence-electron chi connectivity index (χ4n) is 2.71. The Morgan fingerprint density at radius 3 is 2.70 bits per heavy atom. The normalized spacial score (nSPS) is 22.2. The second kappa shape index (κ2) is 5.57. The van der Waals surface area contributed by atoms with Gasteiger partial charge in [0.15, 0.2) is 0 Å². The van der Waals surface area contributed by atoms with E-state index in [1.54, 1.807) is 0 Å².